The average molecular weight is 628 g/mol. The van der Waals surface area contributed by atoms with Gasteiger partial charge in [-0.3, -0.25) is 9.48 Å². The van der Waals surface area contributed by atoms with Crippen LogP contribution in [-0.4, -0.2) is 32.5 Å². The number of aromatic nitrogens is 2. The van der Waals surface area contributed by atoms with Crippen LogP contribution >= 0.6 is 23.8 Å². The molecule has 4 aromatic rings. The molecule has 0 unspecified atom stereocenters. The van der Waals surface area contributed by atoms with Crippen LogP contribution in [0.3, 0.4) is 0 Å². The third-order valence-electron chi connectivity index (χ3n) is 6.16. The second-order valence-electron chi connectivity index (χ2n) is 9.46. The fourth-order valence-corrected chi connectivity index (χ4v) is 4.84. The first kappa shape index (κ1) is 31.0. The number of thiocarbonyl (C=S) groups is 1. The van der Waals surface area contributed by atoms with Gasteiger partial charge in [0, 0.05) is 17.7 Å². The Bertz CT molecular complexity index is 1620. The minimum absolute atomic E-state index is 0.0592. The number of rotatable bonds is 10. The molecule has 2 aromatic heterocycles. The van der Waals surface area contributed by atoms with Gasteiger partial charge in [0.1, 0.15) is 34.0 Å². The van der Waals surface area contributed by atoms with E-state index in [2.05, 4.69) is 10.4 Å². The Balaban J connectivity index is 1.64. The number of aliphatic carboxylic acids is 1. The largest absolute Gasteiger partial charge is 0.490 e. The summed E-state index contributed by atoms with van der Waals surface area (Å²) in [6, 6.07) is 4.97. The fraction of sp³-hybridized carbons (Fsp3) is 0.250. The van der Waals surface area contributed by atoms with Gasteiger partial charge < -0.3 is 19.6 Å². The number of alkyl halides is 3. The summed E-state index contributed by atoms with van der Waals surface area (Å²) in [5, 5.41) is 15.9. The molecule has 0 amide bonds. The second kappa shape index (κ2) is 12.5. The number of hydrogen-bond donors (Lipinski definition) is 2. The molecule has 4 rings (SSSR count). The van der Waals surface area contributed by atoms with E-state index < -0.39 is 41.5 Å². The van der Waals surface area contributed by atoms with Crippen molar-refractivity contribution < 1.29 is 41.0 Å². The highest BCUT2D eigenvalue weighted by molar-refractivity contribution is 7.81. The molecule has 222 valence electrons. The molecule has 0 saturated heterocycles. The molecule has 0 spiro atoms. The monoisotopic (exact) mass is 627 g/mol. The number of ether oxygens (including phenoxy) is 1. The quantitative estimate of drug-likeness (QED) is 0.106. The van der Waals surface area contributed by atoms with Gasteiger partial charge in [-0.2, -0.15) is 18.3 Å². The molecule has 0 aliphatic carbocycles. The highest BCUT2D eigenvalue weighted by Crippen LogP contribution is 2.40. The summed E-state index contributed by atoms with van der Waals surface area (Å²) >= 11 is 11.3. The van der Waals surface area contributed by atoms with Gasteiger partial charge in [-0.25, -0.2) is 8.78 Å². The normalized spacial score (nSPS) is 11.6. The highest BCUT2D eigenvalue weighted by atomic mass is 35.5. The van der Waals surface area contributed by atoms with E-state index in [4.69, 9.17) is 33.0 Å². The second-order valence-corrected chi connectivity index (χ2v) is 10.2. The van der Waals surface area contributed by atoms with E-state index in [1.54, 1.807) is 0 Å². The van der Waals surface area contributed by atoms with Crippen LogP contribution in [-0.2, 0) is 23.9 Å². The minimum atomic E-state index is -4.81. The number of carboxylic acids is 1. The Morgan fingerprint density at radius 2 is 1.98 bits per heavy atom. The van der Waals surface area contributed by atoms with Gasteiger partial charge in [-0.15, -0.1) is 0 Å². The van der Waals surface area contributed by atoms with E-state index in [1.807, 2.05) is 13.8 Å². The zero-order valence-corrected chi connectivity index (χ0v) is 23.6. The van der Waals surface area contributed by atoms with Crippen LogP contribution < -0.4 is 10.1 Å². The maximum atomic E-state index is 14.2. The molecule has 42 heavy (non-hydrogen) atoms. The Kier molecular flexibility index (Phi) is 9.21. The predicted molar refractivity (Wildman–Crippen MR) is 149 cm³/mol. The van der Waals surface area contributed by atoms with Crippen molar-refractivity contribution in [1.29, 1.82) is 0 Å². The van der Waals surface area contributed by atoms with Gasteiger partial charge in [-0.05, 0) is 35.2 Å². The van der Waals surface area contributed by atoms with E-state index >= 15 is 0 Å². The zero-order chi connectivity index (χ0) is 30.8. The number of benzene rings is 2. The Hall–Kier alpha value is -3.97. The molecule has 0 aliphatic rings. The molecule has 0 fully saturated rings. The standard InChI is InChI=1S/C28H23ClF5N3O4S/c1-14(2)26-19(12-35-37(26)4-6-41-23-10-17(30)9-21(31)25(23)29)27(42)36-22-7-16(8-24(38)39)18(15-3-5-40-13-15)11-20(22)28(32,33)34/h3,5,7,9-14H,4,6,8H2,1-2H3,(H,36,42)(H,38,39). The number of hydrogen-bond acceptors (Lipinski definition) is 5. The minimum Gasteiger partial charge on any atom is -0.490 e. The van der Waals surface area contributed by atoms with Crippen molar-refractivity contribution in [2.75, 3.05) is 11.9 Å². The van der Waals surface area contributed by atoms with E-state index in [9.17, 15) is 31.9 Å². The first-order valence-electron chi connectivity index (χ1n) is 12.4. The number of nitrogens with zero attached hydrogens (tertiary/aromatic N) is 2. The van der Waals surface area contributed by atoms with E-state index in [-0.39, 0.29) is 46.0 Å². The number of anilines is 1. The fourth-order valence-electron chi connectivity index (χ4n) is 4.40. The molecule has 0 bridgehead atoms. The van der Waals surface area contributed by atoms with Gasteiger partial charge in [0.25, 0.3) is 0 Å². The van der Waals surface area contributed by atoms with Gasteiger partial charge in [0.05, 0.1) is 54.2 Å². The summed E-state index contributed by atoms with van der Waals surface area (Å²) < 4.78 is 81.8. The Morgan fingerprint density at radius 1 is 1.24 bits per heavy atom. The molecular weight excluding hydrogens is 605 g/mol. The average Bonchev–Trinajstić information content (AvgIpc) is 3.56. The summed E-state index contributed by atoms with van der Waals surface area (Å²) in [6.07, 6.45) is -1.47. The smallest absolute Gasteiger partial charge is 0.418 e. The molecule has 7 nitrogen and oxygen atoms in total. The summed E-state index contributed by atoms with van der Waals surface area (Å²) in [7, 11) is 0. The van der Waals surface area contributed by atoms with Crippen LogP contribution in [0.4, 0.5) is 27.6 Å². The SMILES string of the molecule is CC(C)c1c(C(=S)Nc2cc(CC(=O)O)c(-c3ccoc3)cc2C(F)(F)F)cnn1CCOc1cc(F)cc(F)c1Cl. The molecule has 0 radical (unpaired) electrons. The van der Waals surface area contributed by atoms with Crippen molar-refractivity contribution >= 4 is 40.5 Å². The van der Waals surface area contributed by atoms with Gasteiger partial charge >= 0.3 is 12.1 Å². The lowest BCUT2D eigenvalue weighted by Crippen LogP contribution is -2.19. The Morgan fingerprint density at radius 3 is 2.60 bits per heavy atom. The number of furan rings is 1. The number of carbonyl (C=O) groups is 1. The van der Waals surface area contributed by atoms with Crippen molar-refractivity contribution in [3.05, 3.63) is 88.1 Å². The van der Waals surface area contributed by atoms with Crippen LogP contribution in [0, 0.1) is 11.6 Å². The maximum absolute atomic E-state index is 14.2. The molecule has 14 heteroatoms. The third kappa shape index (κ3) is 6.90. The predicted octanol–water partition coefficient (Wildman–Crippen LogP) is 7.71. The first-order valence-corrected chi connectivity index (χ1v) is 13.2. The van der Waals surface area contributed by atoms with Crippen LogP contribution in [0.25, 0.3) is 11.1 Å². The van der Waals surface area contributed by atoms with Gasteiger partial charge in [0.15, 0.2) is 0 Å². The molecule has 0 atom stereocenters. The van der Waals surface area contributed by atoms with Crippen LogP contribution in [0.2, 0.25) is 5.02 Å². The lowest BCUT2D eigenvalue weighted by Gasteiger charge is -2.20. The van der Waals surface area contributed by atoms with Crippen LogP contribution in [0.5, 0.6) is 5.75 Å². The van der Waals surface area contributed by atoms with Gasteiger partial charge in [-0.1, -0.05) is 37.7 Å². The van der Waals surface area contributed by atoms with Crippen molar-refractivity contribution in [3.63, 3.8) is 0 Å². The van der Waals surface area contributed by atoms with Crippen LogP contribution in [0.1, 0.15) is 42.1 Å². The van der Waals surface area contributed by atoms with Crippen molar-refractivity contribution in [2.45, 2.75) is 38.9 Å². The third-order valence-corrected chi connectivity index (χ3v) is 6.85. The summed E-state index contributed by atoms with van der Waals surface area (Å²) in [5.41, 5.74) is -0.122. The molecule has 2 N–H and O–H groups in total. The topological polar surface area (TPSA) is 89.5 Å². The number of nitrogens with one attached hydrogen (secondary N) is 1. The lowest BCUT2D eigenvalue weighted by molar-refractivity contribution is -0.137. The van der Waals surface area contributed by atoms with Crippen molar-refractivity contribution in [1.82, 2.24) is 9.78 Å². The van der Waals surface area contributed by atoms with Gasteiger partial charge in [0.2, 0.25) is 0 Å². The summed E-state index contributed by atoms with van der Waals surface area (Å²) in [6.45, 7) is 3.66. The Labute approximate surface area is 246 Å². The molecular formula is C28H23ClF5N3O4S. The lowest BCUT2D eigenvalue weighted by atomic mass is 9.95. The van der Waals surface area contributed by atoms with E-state index in [0.717, 1.165) is 18.2 Å². The van der Waals surface area contributed by atoms with Crippen molar-refractivity contribution in [3.8, 4) is 16.9 Å². The maximum Gasteiger partial charge on any atom is 0.418 e. The van der Waals surface area contributed by atoms with Crippen LogP contribution in [0.15, 0.2) is 53.5 Å². The van der Waals surface area contributed by atoms with Crippen molar-refractivity contribution in [2.24, 2.45) is 0 Å². The zero-order valence-electron chi connectivity index (χ0n) is 22.1. The molecule has 2 heterocycles. The molecule has 0 saturated carbocycles. The summed E-state index contributed by atoms with van der Waals surface area (Å²) in [5.74, 6) is -3.48. The number of halogens is 6. The molecule has 2 aromatic carbocycles. The first-order chi connectivity index (χ1) is 19.8. The molecule has 0 aliphatic heterocycles. The van der Waals surface area contributed by atoms with E-state index in [1.165, 1.54) is 29.5 Å². The van der Waals surface area contributed by atoms with E-state index in [0.29, 0.717) is 22.9 Å². The summed E-state index contributed by atoms with van der Waals surface area (Å²) in [4.78, 5) is 11.4. The highest BCUT2D eigenvalue weighted by Gasteiger charge is 2.35. The number of carboxylic acid groups (broad SMARTS) is 1.